The van der Waals surface area contributed by atoms with Crippen molar-refractivity contribution in [2.45, 2.75) is 10.1 Å². The number of para-hydroxylation sites is 1. The minimum absolute atomic E-state index is 0.415. The number of hydrogen-bond donors (Lipinski definition) is 1. The van der Waals surface area contributed by atoms with Crippen LogP contribution >= 0.6 is 11.8 Å². The number of thioether (sulfide) groups is 1. The van der Waals surface area contributed by atoms with Crippen molar-refractivity contribution < 1.29 is 19.1 Å². The first-order valence-electron chi connectivity index (χ1n) is 5.55. The second-order valence-electron chi connectivity index (χ2n) is 3.77. The van der Waals surface area contributed by atoms with Gasteiger partial charge in [-0.05, 0) is 12.1 Å². The summed E-state index contributed by atoms with van der Waals surface area (Å²) < 4.78 is 9.34. The number of carbonyl (C=O) groups is 2. The van der Waals surface area contributed by atoms with Gasteiger partial charge < -0.3 is 14.8 Å². The number of benzene rings is 1. The van der Waals surface area contributed by atoms with Crippen LogP contribution in [0.4, 0.5) is 5.69 Å². The van der Waals surface area contributed by atoms with E-state index in [9.17, 15) is 9.59 Å². The van der Waals surface area contributed by atoms with E-state index in [-0.39, 0.29) is 0 Å². The quantitative estimate of drug-likeness (QED) is 0.658. The maximum atomic E-state index is 11.8. The van der Waals surface area contributed by atoms with Crippen LogP contribution in [0.25, 0.3) is 0 Å². The molecule has 0 aromatic heterocycles. The summed E-state index contributed by atoms with van der Waals surface area (Å²) >= 11 is 1.34. The van der Waals surface area contributed by atoms with Crippen LogP contribution < -0.4 is 5.32 Å². The predicted molar refractivity (Wildman–Crippen MR) is 71.8 cm³/mol. The van der Waals surface area contributed by atoms with Crippen LogP contribution in [-0.4, -0.2) is 31.4 Å². The summed E-state index contributed by atoms with van der Waals surface area (Å²) in [5.74, 6) is -0.932. The van der Waals surface area contributed by atoms with Gasteiger partial charge in [-0.2, -0.15) is 0 Å². The molecule has 1 atom stereocenters. The molecule has 1 N–H and O–H groups in total. The monoisotopic (exact) mass is 279 g/mol. The van der Waals surface area contributed by atoms with Gasteiger partial charge in [0.05, 0.1) is 19.9 Å². The van der Waals surface area contributed by atoms with E-state index in [2.05, 4.69) is 10.1 Å². The number of anilines is 1. The molecular formula is C13H13NO4S. The van der Waals surface area contributed by atoms with Gasteiger partial charge in [-0.15, -0.1) is 11.8 Å². The Morgan fingerprint density at radius 2 is 2.00 bits per heavy atom. The molecule has 1 heterocycles. The minimum atomic E-state index is -0.598. The highest BCUT2D eigenvalue weighted by Gasteiger charge is 2.31. The van der Waals surface area contributed by atoms with E-state index < -0.39 is 17.2 Å². The summed E-state index contributed by atoms with van der Waals surface area (Å²) in [5.41, 5.74) is 1.31. The number of ether oxygens (including phenoxy) is 2. The fraction of sp³-hybridized carbons (Fsp3) is 0.231. The van der Waals surface area contributed by atoms with Crippen molar-refractivity contribution in [3.8, 4) is 0 Å². The number of fused-ring (bicyclic) bond motifs is 1. The van der Waals surface area contributed by atoms with Crippen molar-refractivity contribution in [2.24, 2.45) is 0 Å². The Kier molecular flexibility index (Phi) is 4.11. The topological polar surface area (TPSA) is 64.6 Å². The molecule has 0 saturated heterocycles. The van der Waals surface area contributed by atoms with Crippen molar-refractivity contribution in [1.29, 1.82) is 0 Å². The van der Waals surface area contributed by atoms with Crippen LogP contribution in [-0.2, 0) is 19.1 Å². The van der Waals surface area contributed by atoms with Gasteiger partial charge in [0.15, 0.2) is 0 Å². The molecule has 1 aliphatic heterocycles. The Labute approximate surface area is 115 Å². The molecule has 1 aromatic rings. The molecule has 0 amide bonds. The van der Waals surface area contributed by atoms with Gasteiger partial charge >= 0.3 is 11.9 Å². The molecule has 0 bridgehead atoms. The molecule has 0 spiro atoms. The molecule has 6 heteroatoms. The second kappa shape index (κ2) is 5.79. The fourth-order valence-corrected chi connectivity index (χ4v) is 2.77. The number of rotatable bonds is 2. The van der Waals surface area contributed by atoms with Gasteiger partial charge in [-0.3, -0.25) is 4.79 Å². The largest absolute Gasteiger partial charge is 0.468 e. The van der Waals surface area contributed by atoms with Crippen molar-refractivity contribution in [2.75, 3.05) is 19.5 Å². The Hall–Kier alpha value is -1.95. The molecule has 0 saturated carbocycles. The fourth-order valence-electron chi connectivity index (χ4n) is 1.66. The zero-order chi connectivity index (χ0) is 13.8. The highest BCUT2D eigenvalue weighted by molar-refractivity contribution is 8.01. The van der Waals surface area contributed by atoms with Gasteiger partial charge in [0, 0.05) is 16.7 Å². The first-order valence-corrected chi connectivity index (χ1v) is 6.43. The second-order valence-corrected chi connectivity index (χ2v) is 4.91. The van der Waals surface area contributed by atoms with E-state index in [0.29, 0.717) is 5.70 Å². The lowest BCUT2D eigenvalue weighted by Crippen LogP contribution is -2.29. The Bertz CT molecular complexity index is 541. The first kappa shape index (κ1) is 13.5. The summed E-state index contributed by atoms with van der Waals surface area (Å²) in [4.78, 5) is 24.1. The SMILES string of the molecule is COC(=O)/C=C1/Nc2ccccc2S[C@@H]1C(=O)OC. The third-order valence-electron chi connectivity index (χ3n) is 2.58. The third kappa shape index (κ3) is 2.90. The van der Waals surface area contributed by atoms with Crippen LogP contribution in [0.1, 0.15) is 0 Å². The standard InChI is InChI=1S/C13H13NO4S/c1-17-11(15)7-9-12(13(16)18-2)19-10-6-4-3-5-8(10)14-9/h3-7,12,14H,1-2H3/b9-7+/t12-/m0/s1. The van der Waals surface area contributed by atoms with Crippen molar-refractivity contribution in [3.05, 3.63) is 36.0 Å². The van der Waals surface area contributed by atoms with Gasteiger partial charge in [-0.25, -0.2) is 4.79 Å². The summed E-state index contributed by atoms with van der Waals surface area (Å²) in [6.07, 6.45) is 1.27. The lowest BCUT2D eigenvalue weighted by atomic mass is 10.2. The maximum absolute atomic E-state index is 11.8. The molecule has 0 fully saturated rings. The van der Waals surface area contributed by atoms with Gasteiger partial charge in [-0.1, -0.05) is 12.1 Å². The van der Waals surface area contributed by atoms with Crippen LogP contribution in [0.2, 0.25) is 0 Å². The van der Waals surface area contributed by atoms with Gasteiger partial charge in [0.25, 0.3) is 0 Å². The lowest BCUT2D eigenvalue weighted by molar-refractivity contribution is -0.139. The van der Waals surface area contributed by atoms with E-state index in [1.807, 2.05) is 24.3 Å². The molecule has 19 heavy (non-hydrogen) atoms. The molecule has 2 rings (SSSR count). The van der Waals surface area contributed by atoms with E-state index in [1.54, 1.807) is 0 Å². The lowest BCUT2D eigenvalue weighted by Gasteiger charge is -2.26. The zero-order valence-corrected chi connectivity index (χ0v) is 11.3. The smallest absolute Gasteiger partial charge is 0.332 e. The van der Waals surface area contributed by atoms with Gasteiger partial charge in [0.2, 0.25) is 0 Å². The molecule has 1 aromatic carbocycles. The third-order valence-corrected chi connectivity index (χ3v) is 3.88. The average molecular weight is 279 g/mol. The van der Waals surface area contributed by atoms with Crippen molar-refractivity contribution in [1.82, 2.24) is 0 Å². The maximum Gasteiger partial charge on any atom is 0.332 e. The average Bonchev–Trinajstić information content (AvgIpc) is 2.45. The Morgan fingerprint density at radius 3 is 2.68 bits per heavy atom. The summed E-state index contributed by atoms with van der Waals surface area (Å²) in [6, 6.07) is 7.54. The number of methoxy groups -OCH3 is 2. The van der Waals surface area contributed by atoms with Gasteiger partial charge in [0.1, 0.15) is 5.25 Å². The Balaban J connectivity index is 2.37. The minimum Gasteiger partial charge on any atom is -0.468 e. The van der Waals surface area contributed by atoms with E-state index in [4.69, 9.17) is 4.74 Å². The number of carbonyl (C=O) groups excluding carboxylic acids is 2. The zero-order valence-electron chi connectivity index (χ0n) is 10.5. The van der Waals surface area contributed by atoms with Crippen LogP contribution in [0.5, 0.6) is 0 Å². The summed E-state index contributed by atoms with van der Waals surface area (Å²) in [6.45, 7) is 0. The number of esters is 2. The predicted octanol–water partition coefficient (Wildman–Crippen LogP) is 1.80. The Morgan fingerprint density at radius 1 is 1.26 bits per heavy atom. The van der Waals surface area contributed by atoms with Crippen LogP contribution in [0.15, 0.2) is 40.9 Å². The normalized spacial score (nSPS) is 19.3. The van der Waals surface area contributed by atoms with Crippen molar-refractivity contribution >= 4 is 29.4 Å². The van der Waals surface area contributed by atoms with E-state index >= 15 is 0 Å². The van der Waals surface area contributed by atoms with E-state index in [0.717, 1.165) is 10.6 Å². The molecule has 0 unspecified atom stereocenters. The molecule has 0 aliphatic carbocycles. The summed E-state index contributed by atoms with van der Waals surface area (Å²) in [7, 11) is 2.61. The number of hydrogen-bond acceptors (Lipinski definition) is 6. The number of nitrogens with one attached hydrogen (secondary N) is 1. The molecule has 1 aliphatic rings. The van der Waals surface area contributed by atoms with Crippen LogP contribution in [0.3, 0.4) is 0 Å². The molecular weight excluding hydrogens is 266 g/mol. The van der Waals surface area contributed by atoms with Crippen molar-refractivity contribution in [3.63, 3.8) is 0 Å². The van der Waals surface area contributed by atoms with E-state index in [1.165, 1.54) is 32.1 Å². The highest BCUT2D eigenvalue weighted by Crippen LogP contribution is 2.39. The molecule has 100 valence electrons. The highest BCUT2D eigenvalue weighted by atomic mass is 32.2. The molecule has 0 radical (unpaired) electrons. The first-order chi connectivity index (χ1) is 9.15. The molecule has 5 nitrogen and oxygen atoms in total. The summed E-state index contributed by atoms with van der Waals surface area (Å²) in [5, 5.41) is 2.47. The van der Waals surface area contributed by atoms with Crippen LogP contribution in [0, 0.1) is 0 Å².